The van der Waals surface area contributed by atoms with Crippen LogP contribution in [-0.2, 0) is 4.79 Å². The molecule has 3 N–H and O–H groups in total. The van der Waals surface area contributed by atoms with Crippen molar-refractivity contribution in [3.8, 4) is 0 Å². The third kappa shape index (κ3) is 4.65. The highest BCUT2D eigenvalue weighted by atomic mass is 16.2. The van der Waals surface area contributed by atoms with Crippen LogP contribution in [0.4, 0.5) is 28.8 Å². The summed E-state index contributed by atoms with van der Waals surface area (Å²) in [5, 5.41) is 9.46. The Bertz CT molecular complexity index is 979. The fourth-order valence-corrected chi connectivity index (χ4v) is 2.83. The Hall–Kier alpha value is -3.41. The van der Waals surface area contributed by atoms with Crippen LogP contribution in [0.5, 0.6) is 0 Å². The molecule has 142 valence electrons. The third-order valence-corrected chi connectivity index (χ3v) is 4.53. The van der Waals surface area contributed by atoms with Crippen LogP contribution in [0.25, 0.3) is 0 Å². The Labute approximate surface area is 164 Å². The quantitative estimate of drug-likeness (QED) is 0.571. The van der Waals surface area contributed by atoms with Crippen molar-refractivity contribution in [2.75, 3.05) is 16.0 Å². The molecule has 28 heavy (non-hydrogen) atoms. The number of nitrogens with one attached hydrogen (secondary N) is 3. The Morgan fingerprint density at radius 2 is 1.46 bits per heavy atom. The number of hydrogen-bond donors (Lipinski definition) is 3. The van der Waals surface area contributed by atoms with E-state index >= 15 is 0 Å². The molecule has 1 aromatic heterocycles. The second-order valence-electron chi connectivity index (χ2n) is 7.18. The minimum Gasteiger partial charge on any atom is -0.340 e. The van der Waals surface area contributed by atoms with Crippen LogP contribution < -0.4 is 16.0 Å². The van der Waals surface area contributed by atoms with Gasteiger partial charge in [-0.1, -0.05) is 17.7 Å². The lowest BCUT2D eigenvalue weighted by molar-refractivity contribution is -0.117. The lowest BCUT2D eigenvalue weighted by Crippen LogP contribution is -2.13. The number of benzene rings is 2. The van der Waals surface area contributed by atoms with Crippen molar-refractivity contribution in [3.63, 3.8) is 0 Å². The molecular formula is C22H23N5O. The Morgan fingerprint density at radius 3 is 2.14 bits per heavy atom. The molecule has 2 aromatic carbocycles. The van der Waals surface area contributed by atoms with Gasteiger partial charge in [-0.3, -0.25) is 4.79 Å². The summed E-state index contributed by atoms with van der Waals surface area (Å²) >= 11 is 0. The van der Waals surface area contributed by atoms with E-state index in [-0.39, 0.29) is 11.8 Å². The number of nitrogens with zero attached hydrogens (tertiary/aromatic N) is 2. The van der Waals surface area contributed by atoms with Gasteiger partial charge >= 0.3 is 0 Å². The maximum atomic E-state index is 11.8. The first-order valence-corrected chi connectivity index (χ1v) is 9.42. The Morgan fingerprint density at radius 1 is 0.857 bits per heavy atom. The highest BCUT2D eigenvalue weighted by Crippen LogP contribution is 2.30. The second kappa shape index (κ2) is 7.68. The third-order valence-electron chi connectivity index (χ3n) is 4.53. The van der Waals surface area contributed by atoms with Crippen molar-refractivity contribution in [2.24, 2.45) is 5.92 Å². The van der Waals surface area contributed by atoms with Crippen LogP contribution in [0.15, 0.2) is 54.6 Å². The predicted molar refractivity (Wildman–Crippen MR) is 112 cm³/mol. The van der Waals surface area contributed by atoms with Gasteiger partial charge in [0, 0.05) is 34.7 Å². The molecule has 0 spiro atoms. The van der Waals surface area contributed by atoms with Crippen LogP contribution in [0, 0.1) is 19.8 Å². The number of aryl methyl sites for hydroxylation is 2. The standard InChI is InChI=1S/C22H23N5O/c1-14-3-7-17(8-4-14)24-20-13-15(2)23-22(27-20)26-19-11-9-18(10-12-19)25-21(28)16-5-6-16/h3-4,7-13,16H,5-6H2,1-2H3,(H,25,28)(H2,23,24,26,27). The van der Waals surface area contributed by atoms with Crippen LogP contribution >= 0.6 is 0 Å². The molecule has 0 atom stereocenters. The van der Waals surface area contributed by atoms with Gasteiger partial charge in [-0.05, 0) is 63.1 Å². The van der Waals surface area contributed by atoms with Crippen molar-refractivity contribution in [1.82, 2.24) is 9.97 Å². The van der Waals surface area contributed by atoms with Crippen molar-refractivity contribution in [2.45, 2.75) is 26.7 Å². The molecule has 1 heterocycles. The van der Waals surface area contributed by atoms with Gasteiger partial charge in [-0.2, -0.15) is 4.98 Å². The second-order valence-corrected chi connectivity index (χ2v) is 7.18. The summed E-state index contributed by atoms with van der Waals surface area (Å²) in [5.41, 5.74) is 4.71. The van der Waals surface area contributed by atoms with Crippen LogP contribution in [-0.4, -0.2) is 15.9 Å². The normalized spacial score (nSPS) is 13.1. The molecule has 0 radical (unpaired) electrons. The van der Waals surface area contributed by atoms with Gasteiger partial charge in [0.1, 0.15) is 5.82 Å². The molecule has 0 saturated heterocycles. The van der Waals surface area contributed by atoms with E-state index in [0.717, 1.165) is 41.4 Å². The zero-order valence-electron chi connectivity index (χ0n) is 16.0. The van der Waals surface area contributed by atoms with Crippen molar-refractivity contribution in [1.29, 1.82) is 0 Å². The van der Waals surface area contributed by atoms with Gasteiger partial charge in [-0.15, -0.1) is 0 Å². The molecule has 6 nitrogen and oxygen atoms in total. The lowest BCUT2D eigenvalue weighted by atomic mass is 10.2. The summed E-state index contributed by atoms with van der Waals surface area (Å²) in [6.07, 6.45) is 1.99. The van der Waals surface area contributed by atoms with E-state index in [1.807, 2.05) is 49.4 Å². The molecule has 3 aromatic rings. The van der Waals surface area contributed by atoms with Crippen molar-refractivity contribution >= 4 is 34.7 Å². The number of aromatic nitrogens is 2. The summed E-state index contributed by atoms with van der Waals surface area (Å²) < 4.78 is 0. The minimum atomic E-state index is 0.106. The average molecular weight is 373 g/mol. The number of carbonyl (C=O) groups is 1. The van der Waals surface area contributed by atoms with Crippen LogP contribution in [0.3, 0.4) is 0 Å². The van der Waals surface area contributed by atoms with Gasteiger partial charge in [0.15, 0.2) is 0 Å². The number of rotatable bonds is 6. The van der Waals surface area contributed by atoms with E-state index in [4.69, 9.17) is 0 Å². The first-order chi connectivity index (χ1) is 13.5. The molecule has 1 fully saturated rings. The lowest BCUT2D eigenvalue weighted by Gasteiger charge is -2.11. The summed E-state index contributed by atoms with van der Waals surface area (Å²) in [6.45, 7) is 3.99. The topological polar surface area (TPSA) is 78.9 Å². The van der Waals surface area contributed by atoms with Gasteiger partial charge in [0.2, 0.25) is 11.9 Å². The van der Waals surface area contributed by atoms with E-state index in [0.29, 0.717) is 5.95 Å². The SMILES string of the molecule is Cc1ccc(Nc2cc(C)nc(Nc3ccc(NC(=O)C4CC4)cc3)n2)cc1. The van der Waals surface area contributed by atoms with Crippen LogP contribution in [0.1, 0.15) is 24.1 Å². The number of amides is 1. The minimum absolute atomic E-state index is 0.106. The van der Waals surface area contributed by atoms with E-state index in [1.54, 1.807) is 0 Å². The molecule has 0 bridgehead atoms. The average Bonchev–Trinajstić information content (AvgIpc) is 3.50. The number of hydrogen-bond acceptors (Lipinski definition) is 5. The highest BCUT2D eigenvalue weighted by Gasteiger charge is 2.29. The van der Waals surface area contributed by atoms with Gasteiger partial charge < -0.3 is 16.0 Å². The van der Waals surface area contributed by atoms with E-state index in [2.05, 4.69) is 45.0 Å². The molecule has 1 saturated carbocycles. The highest BCUT2D eigenvalue weighted by molar-refractivity contribution is 5.94. The first-order valence-electron chi connectivity index (χ1n) is 9.42. The first kappa shape index (κ1) is 18.0. The summed E-state index contributed by atoms with van der Waals surface area (Å²) in [6, 6.07) is 17.6. The fourth-order valence-electron chi connectivity index (χ4n) is 2.83. The molecule has 6 heteroatoms. The maximum absolute atomic E-state index is 11.8. The molecule has 0 aliphatic heterocycles. The molecule has 0 unspecified atom stereocenters. The van der Waals surface area contributed by atoms with E-state index < -0.39 is 0 Å². The smallest absolute Gasteiger partial charge is 0.229 e. The van der Waals surface area contributed by atoms with Gasteiger partial charge in [0.05, 0.1) is 0 Å². The van der Waals surface area contributed by atoms with Crippen molar-refractivity contribution in [3.05, 3.63) is 65.9 Å². The monoisotopic (exact) mass is 373 g/mol. The van der Waals surface area contributed by atoms with Crippen molar-refractivity contribution < 1.29 is 4.79 Å². The maximum Gasteiger partial charge on any atom is 0.229 e. The number of carbonyl (C=O) groups excluding carboxylic acids is 1. The zero-order chi connectivity index (χ0) is 19.5. The molecule has 1 amide bonds. The molecule has 1 aliphatic rings. The van der Waals surface area contributed by atoms with Crippen LogP contribution in [0.2, 0.25) is 0 Å². The Balaban J connectivity index is 1.44. The Kier molecular flexibility index (Phi) is 4.93. The summed E-state index contributed by atoms with van der Waals surface area (Å²) in [5.74, 6) is 1.55. The predicted octanol–water partition coefficient (Wildman–Crippen LogP) is 4.93. The van der Waals surface area contributed by atoms with E-state index in [1.165, 1.54) is 5.56 Å². The largest absolute Gasteiger partial charge is 0.340 e. The summed E-state index contributed by atoms with van der Waals surface area (Å²) in [7, 11) is 0. The van der Waals surface area contributed by atoms with Gasteiger partial charge in [0.25, 0.3) is 0 Å². The zero-order valence-corrected chi connectivity index (χ0v) is 16.0. The summed E-state index contributed by atoms with van der Waals surface area (Å²) in [4.78, 5) is 20.8. The molecular weight excluding hydrogens is 350 g/mol. The van der Waals surface area contributed by atoms with E-state index in [9.17, 15) is 4.79 Å². The molecule has 1 aliphatic carbocycles. The molecule has 4 rings (SSSR count). The van der Waals surface area contributed by atoms with Gasteiger partial charge in [-0.25, -0.2) is 4.98 Å². The number of anilines is 5. The fraction of sp³-hybridized carbons (Fsp3) is 0.227.